The highest BCUT2D eigenvalue weighted by Crippen LogP contribution is 2.29. The van der Waals surface area contributed by atoms with E-state index >= 15 is 0 Å². The van der Waals surface area contributed by atoms with Gasteiger partial charge in [-0.25, -0.2) is 17.6 Å². The Morgan fingerprint density at radius 1 is 1.50 bits per heavy atom. The van der Waals surface area contributed by atoms with E-state index in [4.69, 9.17) is 5.11 Å². The zero-order valence-corrected chi connectivity index (χ0v) is 11.9. The Morgan fingerprint density at radius 2 is 2.20 bits per heavy atom. The molecule has 0 radical (unpaired) electrons. The molecule has 20 heavy (non-hydrogen) atoms. The molecule has 2 rings (SSSR count). The van der Waals surface area contributed by atoms with E-state index in [1.807, 2.05) is 6.92 Å². The molecule has 1 aliphatic rings. The highest BCUT2D eigenvalue weighted by molar-refractivity contribution is 7.89. The third-order valence-electron chi connectivity index (χ3n) is 3.56. The van der Waals surface area contributed by atoms with Crippen molar-refractivity contribution in [2.75, 3.05) is 6.54 Å². The van der Waals surface area contributed by atoms with Gasteiger partial charge in [0.2, 0.25) is 10.0 Å². The molecule has 0 aromatic heterocycles. The van der Waals surface area contributed by atoms with Crippen molar-refractivity contribution in [3.63, 3.8) is 0 Å². The fourth-order valence-electron chi connectivity index (χ4n) is 2.55. The van der Waals surface area contributed by atoms with Crippen LogP contribution >= 0.6 is 0 Å². The monoisotopic (exact) mass is 301 g/mol. The molecule has 7 heteroatoms. The standard InChI is InChI=1S/C13H16FNO4S/c1-2-10-4-3-7-15(10)20(18,19)12-8-9(14)5-6-11(12)13(16)17/h5-6,8,10H,2-4,7H2,1H3,(H,16,17). The van der Waals surface area contributed by atoms with Crippen molar-refractivity contribution in [1.82, 2.24) is 4.31 Å². The van der Waals surface area contributed by atoms with Crippen LogP contribution in [0.15, 0.2) is 23.1 Å². The van der Waals surface area contributed by atoms with Gasteiger partial charge in [0.15, 0.2) is 0 Å². The Kier molecular flexibility index (Phi) is 4.10. The first-order chi connectivity index (χ1) is 9.37. The minimum absolute atomic E-state index is 0.148. The normalized spacial score (nSPS) is 20.2. The summed E-state index contributed by atoms with van der Waals surface area (Å²) in [6.07, 6.45) is 2.12. The SMILES string of the molecule is CCC1CCCN1S(=O)(=O)c1cc(F)ccc1C(=O)O. The quantitative estimate of drug-likeness (QED) is 0.924. The molecule has 110 valence electrons. The first kappa shape index (κ1) is 14.9. The third kappa shape index (κ3) is 2.55. The van der Waals surface area contributed by atoms with Crippen molar-refractivity contribution in [3.8, 4) is 0 Å². The van der Waals surface area contributed by atoms with Gasteiger partial charge in [-0.15, -0.1) is 0 Å². The smallest absolute Gasteiger partial charge is 0.337 e. The molecule has 1 unspecified atom stereocenters. The maximum absolute atomic E-state index is 13.3. The number of benzene rings is 1. The molecule has 0 aliphatic carbocycles. The van der Waals surface area contributed by atoms with Crippen LogP contribution in [-0.2, 0) is 10.0 Å². The molecule has 1 aromatic rings. The van der Waals surface area contributed by atoms with E-state index in [2.05, 4.69) is 0 Å². The number of carboxylic acids is 1. The topological polar surface area (TPSA) is 74.7 Å². The Morgan fingerprint density at radius 3 is 2.80 bits per heavy atom. The molecule has 1 aliphatic heterocycles. The van der Waals surface area contributed by atoms with Crippen molar-refractivity contribution in [3.05, 3.63) is 29.6 Å². The number of carboxylic acid groups (broad SMARTS) is 1. The van der Waals surface area contributed by atoms with Gasteiger partial charge in [-0.05, 0) is 37.5 Å². The summed E-state index contributed by atoms with van der Waals surface area (Å²) in [6, 6.07) is 2.57. The predicted molar refractivity (Wildman–Crippen MR) is 70.6 cm³/mol. The van der Waals surface area contributed by atoms with Crippen LogP contribution < -0.4 is 0 Å². The highest BCUT2D eigenvalue weighted by Gasteiger charge is 2.36. The summed E-state index contributed by atoms with van der Waals surface area (Å²) >= 11 is 0. The lowest BCUT2D eigenvalue weighted by atomic mass is 10.2. The molecule has 1 fully saturated rings. The number of hydrogen-bond donors (Lipinski definition) is 1. The average Bonchev–Trinajstić information content (AvgIpc) is 2.87. The number of nitrogens with zero attached hydrogens (tertiary/aromatic N) is 1. The van der Waals surface area contributed by atoms with Gasteiger partial charge in [-0.3, -0.25) is 0 Å². The van der Waals surface area contributed by atoms with Crippen molar-refractivity contribution in [2.45, 2.75) is 37.1 Å². The van der Waals surface area contributed by atoms with Gasteiger partial charge in [0.05, 0.1) is 10.5 Å². The van der Waals surface area contributed by atoms with Crippen molar-refractivity contribution in [2.24, 2.45) is 0 Å². The highest BCUT2D eigenvalue weighted by atomic mass is 32.2. The van der Waals surface area contributed by atoms with Crippen LogP contribution in [0.4, 0.5) is 4.39 Å². The second-order valence-electron chi connectivity index (χ2n) is 4.77. The molecule has 1 saturated heterocycles. The van der Waals surface area contributed by atoms with Crippen LogP contribution in [0.25, 0.3) is 0 Å². The maximum Gasteiger partial charge on any atom is 0.337 e. The lowest BCUT2D eigenvalue weighted by Gasteiger charge is -2.23. The Labute approximate surface area is 117 Å². The van der Waals surface area contributed by atoms with E-state index < -0.39 is 32.3 Å². The summed E-state index contributed by atoms with van der Waals surface area (Å²) in [5.74, 6) is -2.14. The van der Waals surface area contributed by atoms with Crippen molar-refractivity contribution in [1.29, 1.82) is 0 Å². The van der Waals surface area contributed by atoms with E-state index in [0.29, 0.717) is 13.0 Å². The number of sulfonamides is 1. The van der Waals surface area contributed by atoms with Crippen LogP contribution in [0.2, 0.25) is 0 Å². The Balaban J connectivity index is 2.54. The second-order valence-corrected chi connectivity index (χ2v) is 6.62. The van der Waals surface area contributed by atoms with Gasteiger partial charge in [-0.1, -0.05) is 6.92 Å². The van der Waals surface area contributed by atoms with Gasteiger partial charge >= 0.3 is 5.97 Å². The molecular weight excluding hydrogens is 285 g/mol. The summed E-state index contributed by atoms with van der Waals surface area (Å²) in [4.78, 5) is 10.7. The third-order valence-corrected chi connectivity index (χ3v) is 5.55. The predicted octanol–water partition coefficient (Wildman–Crippen LogP) is 2.09. The van der Waals surface area contributed by atoms with E-state index in [-0.39, 0.29) is 6.04 Å². The zero-order chi connectivity index (χ0) is 14.9. The fraction of sp³-hybridized carbons (Fsp3) is 0.462. The average molecular weight is 301 g/mol. The molecule has 1 N–H and O–H groups in total. The summed E-state index contributed by atoms with van der Waals surface area (Å²) < 4.78 is 39.8. The first-order valence-corrected chi connectivity index (χ1v) is 7.86. The van der Waals surface area contributed by atoms with Gasteiger partial charge in [0.1, 0.15) is 5.82 Å². The van der Waals surface area contributed by atoms with E-state index in [1.165, 1.54) is 4.31 Å². The van der Waals surface area contributed by atoms with Gasteiger partial charge in [0.25, 0.3) is 0 Å². The minimum Gasteiger partial charge on any atom is -0.478 e. The van der Waals surface area contributed by atoms with Crippen LogP contribution in [0.3, 0.4) is 0 Å². The first-order valence-electron chi connectivity index (χ1n) is 6.42. The van der Waals surface area contributed by atoms with E-state index in [0.717, 1.165) is 31.0 Å². The molecule has 1 heterocycles. The molecule has 0 saturated carbocycles. The molecular formula is C13H16FNO4S. The van der Waals surface area contributed by atoms with E-state index in [9.17, 15) is 17.6 Å². The Bertz CT molecular complexity index is 629. The van der Waals surface area contributed by atoms with Crippen molar-refractivity contribution < 1.29 is 22.7 Å². The van der Waals surface area contributed by atoms with Crippen LogP contribution in [0.1, 0.15) is 36.5 Å². The summed E-state index contributed by atoms with van der Waals surface area (Å²) in [6.45, 7) is 2.22. The maximum atomic E-state index is 13.3. The summed E-state index contributed by atoms with van der Waals surface area (Å²) in [7, 11) is -3.99. The van der Waals surface area contributed by atoms with E-state index in [1.54, 1.807) is 0 Å². The summed E-state index contributed by atoms with van der Waals surface area (Å²) in [5.41, 5.74) is -0.395. The molecule has 0 amide bonds. The number of hydrogen-bond acceptors (Lipinski definition) is 3. The zero-order valence-electron chi connectivity index (χ0n) is 11.0. The van der Waals surface area contributed by atoms with Gasteiger partial charge in [0, 0.05) is 12.6 Å². The number of aromatic carboxylic acids is 1. The molecule has 0 spiro atoms. The van der Waals surface area contributed by atoms with Crippen LogP contribution in [0.5, 0.6) is 0 Å². The molecule has 1 atom stereocenters. The lowest BCUT2D eigenvalue weighted by Crippen LogP contribution is -2.36. The van der Waals surface area contributed by atoms with Crippen molar-refractivity contribution >= 4 is 16.0 Å². The lowest BCUT2D eigenvalue weighted by molar-refractivity contribution is 0.0692. The summed E-state index contributed by atoms with van der Waals surface area (Å²) in [5, 5.41) is 9.08. The molecule has 5 nitrogen and oxygen atoms in total. The largest absolute Gasteiger partial charge is 0.478 e. The van der Waals surface area contributed by atoms with Gasteiger partial charge < -0.3 is 5.11 Å². The molecule has 0 bridgehead atoms. The number of rotatable bonds is 4. The fourth-order valence-corrected chi connectivity index (χ4v) is 4.51. The number of halogens is 1. The Hall–Kier alpha value is -1.47. The second kappa shape index (κ2) is 5.49. The van der Waals surface area contributed by atoms with Gasteiger partial charge in [-0.2, -0.15) is 4.31 Å². The minimum atomic E-state index is -3.99. The van der Waals surface area contributed by atoms with Crippen LogP contribution in [-0.4, -0.2) is 36.4 Å². The molecule has 1 aromatic carbocycles. The van der Waals surface area contributed by atoms with Crippen LogP contribution in [0, 0.1) is 5.82 Å². The number of carbonyl (C=O) groups is 1.